The molecular formula is C17H15NO. The molecule has 0 spiro atoms. The largest absolute Gasteiger partial charge is 0.316 e. The van der Waals surface area contributed by atoms with Crippen LogP contribution in [0, 0.1) is 0 Å². The second-order valence-corrected chi connectivity index (χ2v) is 4.76. The minimum absolute atomic E-state index is 0.191. The van der Waals surface area contributed by atoms with Gasteiger partial charge >= 0.3 is 0 Å². The van der Waals surface area contributed by atoms with Crippen molar-refractivity contribution in [1.29, 1.82) is 0 Å². The second-order valence-electron chi connectivity index (χ2n) is 4.76. The monoisotopic (exact) mass is 249 g/mol. The van der Waals surface area contributed by atoms with Crippen molar-refractivity contribution in [2.24, 2.45) is 0 Å². The summed E-state index contributed by atoms with van der Waals surface area (Å²) in [6.07, 6.45) is 2.56. The van der Waals surface area contributed by atoms with Gasteiger partial charge in [-0.05, 0) is 30.7 Å². The second kappa shape index (κ2) is 4.73. The first-order chi connectivity index (χ1) is 9.25. The minimum atomic E-state index is 0.191. The van der Waals surface area contributed by atoms with Gasteiger partial charge in [-0.2, -0.15) is 0 Å². The predicted molar refractivity (Wildman–Crippen MR) is 77.7 cm³/mol. The Hall–Kier alpha value is -2.35. The highest BCUT2D eigenvalue weighted by molar-refractivity contribution is 5.90. The Morgan fingerprint density at radius 3 is 2.42 bits per heavy atom. The van der Waals surface area contributed by atoms with E-state index in [2.05, 4.69) is 35.0 Å². The number of hydrogen-bond acceptors (Lipinski definition) is 1. The number of hydrogen-bond donors (Lipinski definition) is 0. The van der Waals surface area contributed by atoms with E-state index in [0.29, 0.717) is 6.42 Å². The van der Waals surface area contributed by atoms with Crippen molar-refractivity contribution in [1.82, 2.24) is 4.57 Å². The average Bonchev–Trinajstić information content (AvgIpc) is 2.78. The van der Waals surface area contributed by atoms with E-state index in [9.17, 15) is 4.79 Å². The lowest BCUT2D eigenvalue weighted by molar-refractivity contribution is -0.116. The topological polar surface area (TPSA) is 22.0 Å². The molecule has 3 aromatic rings. The summed E-state index contributed by atoms with van der Waals surface area (Å²) in [5, 5.41) is 1.15. The summed E-state index contributed by atoms with van der Waals surface area (Å²) in [5.41, 5.74) is 3.35. The van der Waals surface area contributed by atoms with E-state index < -0.39 is 0 Å². The number of rotatable bonds is 3. The number of para-hydroxylation sites is 2. The fourth-order valence-corrected chi connectivity index (χ4v) is 2.46. The van der Waals surface area contributed by atoms with Crippen LogP contribution in [-0.2, 0) is 11.2 Å². The third-order valence-corrected chi connectivity index (χ3v) is 3.27. The lowest BCUT2D eigenvalue weighted by Crippen LogP contribution is -1.95. The Labute approximate surface area is 112 Å². The number of carbonyl (C=O) groups excluding carboxylic acids is 1. The number of benzene rings is 2. The summed E-state index contributed by atoms with van der Waals surface area (Å²) in [4.78, 5) is 11.4. The summed E-state index contributed by atoms with van der Waals surface area (Å²) in [6.45, 7) is 1.63. The normalized spacial score (nSPS) is 10.8. The van der Waals surface area contributed by atoms with Crippen molar-refractivity contribution < 1.29 is 4.79 Å². The van der Waals surface area contributed by atoms with Gasteiger partial charge in [0.1, 0.15) is 5.78 Å². The van der Waals surface area contributed by atoms with Crippen LogP contribution in [0.5, 0.6) is 0 Å². The van der Waals surface area contributed by atoms with E-state index in [1.807, 2.05) is 30.3 Å². The molecule has 0 saturated carbocycles. The van der Waals surface area contributed by atoms with Gasteiger partial charge in [-0.25, -0.2) is 0 Å². The molecule has 2 nitrogen and oxygen atoms in total. The molecule has 0 N–H and O–H groups in total. The maximum absolute atomic E-state index is 11.4. The Bertz CT molecular complexity index is 725. The number of nitrogens with zero attached hydrogens (tertiary/aromatic N) is 1. The number of carbonyl (C=O) groups is 1. The van der Waals surface area contributed by atoms with Gasteiger partial charge in [-0.3, -0.25) is 4.79 Å². The van der Waals surface area contributed by atoms with Gasteiger partial charge in [0.2, 0.25) is 0 Å². The smallest absolute Gasteiger partial charge is 0.134 e. The predicted octanol–water partition coefficient (Wildman–Crippen LogP) is 3.76. The van der Waals surface area contributed by atoms with Crippen molar-refractivity contribution in [3.8, 4) is 5.69 Å². The number of aromatic nitrogens is 1. The zero-order chi connectivity index (χ0) is 13.2. The summed E-state index contributed by atoms with van der Waals surface area (Å²) in [5.74, 6) is 0.191. The fourth-order valence-electron chi connectivity index (χ4n) is 2.46. The highest BCUT2D eigenvalue weighted by atomic mass is 16.1. The molecule has 0 aliphatic carbocycles. The summed E-state index contributed by atoms with van der Waals surface area (Å²) < 4.78 is 2.15. The quantitative estimate of drug-likeness (QED) is 0.692. The molecule has 19 heavy (non-hydrogen) atoms. The SMILES string of the molecule is CC(=O)Cc1cn(-c2ccccc2)c2ccccc12. The van der Waals surface area contributed by atoms with Crippen LogP contribution < -0.4 is 0 Å². The molecule has 94 valence electrons. The first-order valence-electron chi connectivity index (χ1n) is 6.39. The van der Waals surface area contributed by atoms with Gasteiger partial charge in [0, 0.05) is 23.7 Å². The molecular weight excluding hydrogens is 234 g/mol. The van der Waals surface area contributed by atoms with Crippen LogP contribution in [0.4, 0.5) is 0 Å². The minimum Gasteiger partial charge on any atom is -0.316 e. The Balaban J connectivity index is 2.23. The molecule has 0 bridgehead atoms. The summed E-state index contributed by atoms with van der Waals surface area (Å²) in [7, 11) is 0. The standard InChI is InChI=1S/C17H15NO/c1-13(19)11-14-12-18(15-7-3-2-4-8-15)17-10-6-5-9-16(14)17/h2-10,12H,11H2,1H3. The molecule has 0 saturated heterocycles. The van der Waals surface area contributed by atoms with Crippen molar-refractivity contribution in [2.75, 3.05) is 0 Å². The van der Waals surface area contributed by atoms with Gasteiger partial charge in [0.15, 0.2) is 0 Å². The van der Waals surface area contributed by atoms with Crippen molar-refractivity contribution in [3.05, 3.63) is 66.4 Å². The van der Waals surface area contributed by atoms with Crippen LogP contribution in [0.25, 0.3) is 16.6 Å². The van der Waals surface area contributed by atoms with Gasteiger partial charge in [0.05, 0.1) is 5.52 Å². The van der Waals surface area contributed by atoms with Crippen LogP contribution >= 0.6 is 0 Å². The molecule has 0 radical (unpaired) electrons. The van der Waals surface area contributed by atoms with E-state index >= 15 is 0 Å². The zero-order valence-corrected chi connectivity index (χ0v) is 10.8. The lowest BCUT2D eigenvalue weighted by atomic mass is 10.1. The van der Waals surface area contributed by atoms with Gasteiger partial charge in [-0.1, -0.05) is 36.4 Å². The maximum atomic E-state index is 11.4. The van der Waals surface area contributed by atoms with Gasteiger partial charge < -0.3 is 4.57 Å². The first-order valence-corrected chi connectivity index (χ1v) is 6.39. The van der Waals surface area contributed by atoms with Crippen LogP contribution in [0.3, 0.4) is 0 Å². The van der Waals surface area contributed by atoms with Crippen molar-refractivity contribution >= 4 is 16.7 Å². The summed E-state index contributed by atoms with van der Waals surface area (Å²) >= 11 is 0. The van der Waals surface area contributed by atoms with Gasteiger partial charge in [0.25, 0.3) is 0 Å². The molecule has 0 aliphatic rings. The zero-order valence-electron chi connectivity index (χ0n) is 10.8. The van der Waals surface area contributed by atoms with Crippen LogP contribution in [0.15, 0.2) is 60.8 Å². The third-order valence-electron chi connectivity index (χ3n) is 3.27. The van der Waals surface area contributed by atoms with Crippen LogP contribution in [0.2, 0.25) is 0 Å². The van der Waals surface area contributed by atoms with E-state index in [0.717, 1.165) is 22.2 Å². The van der Waals surface area contributed by atoms with Crippen molar-refractivity contribution in [3.63, 3.8) is 0 Å². The van der Waals surface area contributed by atoms with E-state index in [1.165, 1.54) is 0 Å². The highest BCUT2D eigenvalue weighted by Crippen LogP contribution is 2.25. The number of ketones is 1. The molecule has 2 heteroatoms. The fraction of sp³-hybridized carbons (Fsp3) is 0.118. The number of fused-ring (bicyclic) bond motifs is 1. The Morgan fingerprint density at radius 2 is 1.68 bits per heavy atom. The molecule has 1 aromatic heterocycles. The molecule has 0 aliphatic heterocycles. The van der Waals surface area contributed by atoms with Crippen molar-refractivity contribution in [2.45, 2.75) is 13.3 Å². The Kier molecular flexibility index (Phi) is 2.92. The molecule has 0 unspecified atom stereocenters. The lowest BCUT2D eigenvalue weighted by Gasteiger charge is -2.04. The van der Waals surface area contributed by atoms with Crippen LogP contribution in [-0.4, -0.2) is 10.4 Å². The van der Waals surface area contributed by atoms with E-state index in [4.69, 9.17) is 0 Å². The molecule has 2 aromatic carbocycles. The Morgan fingerprint density at radius 1 is 1.00 bits per heavy atom. The van der Waals surface area contributed by atoms with Crippen LogP contribution in [0.1, 0.15) is 12.5 Å². The number of Topliss-reactive ketones (excluding diaryl/α,β-unsaturated/α-hetero) is 1. The first kappa shape index (κ1) is 11.7. The average molecular weight is 249 g/mol. The van der Waals surface area contributed by atoms with Gasteiger partial charge in [-0.15, -0.1) is 0 Å². The third kappa shape index (κ3) is 2.17. The molecule has 3 rings (SSSR count). The van der Waals surface area contributed by atoms with E-state index in [-0.39, 0.29) is 5.78 Å². The molecule has 0 fully saturated rings. The molecule has 0 amide bonds. The van der Waals surface area contributed by atoms with E-state index in [1.54, 1.807) is 6.92 Å². The maximum Gasteiger partial charge on any atom is 0.134 e. The molecule has 0 atom stereocenters. The summed E-state index contributed by atoms with van der Waals surface area (Å²) in [6, 6.07) is 18.4. The molecule has 1 heterocycles. The highest BCUT2D eigenvalue weighted by Gasteiger charge is 2.10.